The van der Waals surface area contributed by atoms with Crippen LogP contribution in [0.5, 0.6) is 0 Å². The van der Waals surface area contributed by atoms with Gasteiger partial charge in [0.2, 0.25) is 0 Å². The van der Waals surface area contributed by atoms with Crippen molar-refractivity contribution in [3.05, 3.63) is 34.8 Å². The number of anilines is 1. The summed E-state index contributed by atoms with van der Waals surface area (Å²) in [7, 11) is -3.61. The predicted octanol–water partition coefficient (Wildman–Crippen LogP) is 1.11. The summed E-state index contributed by atoms with van der Waals surface area (Å²) in [5.41, 5.74) is 6.41. The largest absolute Gasteiger partial charge is 0.326 e. The Bertz CT molecular complexity index is 637. The highest BCUT2D eigenvalue weighted by atomic mass is 32.2. The minimum atomic E-state index is -3.61. The summed E-state index contributed by atoms with van der Waals surface area (Å²) in [6, 6.07) is 4.75. The number of thiophene rings is 1. The summed E-state index contributed by atoms with van der Waals surface area (Å²) in [5.74, 6) is 0.192. The maximum Gasteiger partial charge on any atom is 0.272 e. The number of nitrogens with two attached hydrogens (primary N) is 1. The first kappa shape index (κ1) is 12.9. The van der Waals surface area contributed by atoms with Gasteiger partial charge in [-0.05, 0) is 30.7 Å². The lowest BCUT2D eigenvalue weighted by atomic mass is 10.3. The maximum absolute atomic E-state index is 12.1. The molecule has 96 valence electrons. The Morgan fingerprint density at radius 2 is 2.28 bits per heavy atom. The molecule has 6 nitrogen and oxygen atoms in total. The lowest BCUT2D eigenvalue weighted by molar-refractivity contribution is 0.603. The van der Waals surface area contributed by atoms with Crippen molar-refractivity contribution in [1.82, 2.24) is 10.2 Å². The number of aryl methyl sites for hydroxylation is 1. The second kappa shape index (κ2) is 5.01. The van der Waals surface area contributed by atoms with Gasteiger partial charge < -0.3 is 5.73 Å². The standard InChI is InChI=1S/C10H12N4O2S2/c1-7-5-10(17-8(7)6-11)18(15,16)14-9-3-2-4-12-13-9/h2-5H,6,11H2,1H3,(H,13,14). The summed E-state index contributed by atoms with van der Waals surface area (Å²) < 4.78 is 26.7. The van der Waals surface area contributed by atoms with E-state index in [1.165, 1.54) is 12.3 Å². The first-order valence-electron chi connectivity index (χ1n) is 5.13. The Balaban J connectivity index is 2.31. The maximum atomic E-state index is 12.1. The Labute approximate surface area is 109 Å². The Morgan fingerprint density at radius 3 is 2.83 bits per heavy atom. The summed E-state index contributed by atoms with van der Waals surface area (Å²) in [5, 5.41) is 7.29. The van der Waals surface area contributed by atoms with E-state index in [1.54, 1.807) is 12.1 Å². The lowest BCUT2D eigenvalue weighted by Crippen LogP contribution is -2.12. The molecule has 0 aromatic carbocycles. The molecule has 0 radical (unpaired) electrons. The monoisotopic (exact) mass is 284 g/mol. The molecule has 0 atom stereocenters. The van der Waals surface area contributed by atoms with Crippen molar-refractivity contribution in [1.29, 1.82) is 0 Å². The molecular weight excluding hydrogens is 272 g/mol. The van der Waals surface area contributed by atoms with Gasteiger partial charge in [0.25, 0.3) is 10.0 Å². The van der Waals surface area contributed by atoms with Gasteiger partial charge in [0.05, 0.1) is 0 Å². The molecule has 2 rings (SSSR count). The number of nitrogens with zero attached hydrogens (tertiary/aromatic N) is 2. The summed E-state index contributed by atoms with van der Waals surface area (Å²) in [6.07, 6.45) is 1.47. The quantitative estimate of drug-likeness (QED) is 0.876. The summed E-state index contributed by atoms with van der Waals surface area (Å²) >= 11 is 1.16. The Morgan fingerprint density at radius 1 is 1.50 bits per heavy atom. The molecule has 0 saturated carbocycles. The minimum absolute atomic E-state index is 0.192. The van der Waals surface area contributed by atoms with E-state index in [0.717, 1.165) is 21.8 Å². The highest BCUT2D eigenvalue weighted by Gasteiger charge is 2.19. The van der Waals surface area contributed by atoms with Crippen molar-refractivity contribution in [3.63, 3.8) is 0 Å². The smallest absolute Gasteiger partial charge is 0.272 e. The molecule has 2 aromatic heterocycles. The van der Waals surface area contributed by atoms with Crippen LogP contribution in [0.2, 0.25) is 0 Å². The zero-order valence-corrected chi connectivity index (χ0v) is 11.3. The minimum Gasteiger partial charge on any atom is -0.326 e. The lowest BCUT2D eigenvalue weighted by Gasteiger charge is -2.03. The van der Waals surface area contributed by atoms with Crippen LogP contribution in [0, 0.1) is 6.92 Å². The fourth-order valence-electron chi connectivity index (χ4n) is 1.37. The third kappa shape index (κ3) is 2.66. The van der Waals surface area contributed by atoms with Gasteiger partial charge >= 0.3 is 0 Å². The molecule has 8 heteroatoms. The third-order valence-electron chi connectivity index (χ3n) is 2.26. The molecule has 0 aliphatic carbocycles. The van der Waals surface area contributed by atoms with Gasteiger partial charge in [-0.3, -0.25) is 4.72 Å². The number of hydrogen-bond acceptors (Lipinski definition) is 6. The van der Waals surface area contributed by atoms with E-state index in [0.29, 0.717) is 6.54 Å². The van der Waals surface area contributed by atoms with E-state index in [4.69, 9.17) is 5.73 Å². The second-order valence-corrected chi connectivity index (χ2v) is 6.64. The highest BCUT2D eigenvalue weighted by Crippen LogP contribution is 2.26. The van der Waals surface area contributed by atoms with E-state index in [2.05, 4.69) is 14.9 Å². The van der Waals surface area contributed by atoms with Crippen molar-refractivity contribution in [3.8, 4) is 0 Å². The number of aromatic nitrogens is 2. The molecule has 0 bridgehead atoms. The van der Waals surface area contributed by atoms with Crippen molar-refractivity contribution >= 4 is 27.2 Å². The van der Waals surface area contributed by atoms with Crippen molar-refractivity contribution in [2.24, 2.45) is 5.73 Å². The van der Waals surface area contributed by atoms with Crippen LogP contribution in [0.4, 0.5) is 5.82 Å². The van der Waals surface area contributed by atoms with Crippen molar-refractivity contribution in [2.45, 2.75) is 17.7 Å². The summed E-state index contributed by atoms with van der Waals surface area (Å²) in [6.45, 7) is 2.16. The summed E-state index contributed by atoms with van der Waals surface area (Å²) in [4.78, 5) is 0.856. The first-order chi connectivity index (χ1) is 8.53. The molecule has 3 N–H and O–H groups in total. The van der Waals surface area contributed by atoms with Gasteiger partial charge in [-0.15, -0.1) is 16.4 Å². The van der Waals surface area contributed by atoms with E-state index < -0.39 is 10.0 Å². The van der Waals surface area contributed by atoms with Gasteiger partial charge in [-0.2, -0.15) is 5.10 Å². The average molecular weight is 284 g/mol. The molecular formula is C10H12N4O2S2. The molecule has 18 heavy (non-hydrogen) atoms. The van der Waals surface area contributed by atoms with Gasteiger partial charge in [-0.1, -0.05) is 0 Å². The van der Waals surface area contributed by atoms with Crippen LogP contribution in [-0.4, -0.2) is 18.6 Å². The zero-order chi connectivity index (χ0) is 13.2. The van der Waals surface area contributed by atoms with Gasteiger partial charge in [0.1, 0.15) is 4.21 Å². The Kier molecular flexibility index (Phi) is 3.60. The predicted molar refractivity (Wildman–Crippen MR) is 69.8 cm³/mol. The molecule has 0 unspecified atom stereocenters. The fourth-order valence-corrected chi connectivity index (χ4v) is 3.83. The first-order valence-corrected chi connectivity index (χ1v) is 7.43. The number of sulfonamides is 1. The number of rotatable bonds is 4. The van der Waals surface area contributed by atoms with Gasteiger partial charge in [-0.25, -0.2) is 8.42 Å². The van der Waals surface area contributed by atoms with Crippen molar-refractivity contribution in [2.75, 3.05) is 4.72 Å². The van der Waals surface area contributed by atoms with Crippen LogP contribution in [0.3, 0.4) is 0 Å². The van der Waals surface area contributed by atoms with E-state index in [-0.39, 0.29) is 10.0 Å². The highest BCUT2D eigenvalue weighted by molar-refractivity contribution is 7.94. The number of nitrogens with one attached hydrogen (secondary N) is 1. The molecule has 0 spiro atoms. The number of hydrogen-bond donors (Lipinski definition) is 2. The van der Waals surface area contributed by atoms with Crippen LogP contribution < -0.4 is 10.5 Å². The van der Waals surface area contributed by atoms with Gasteiger partial charge in [0, 0.05) is 17.6 Å². The average Bonchev–Trinajstić information content (AvgIpc) is 2.72. The molecule has 0 aliphatic rings. The normalized spacial score (nSPS) is 11.4. The molecule has 0 fully saturated rings. The van der Waals surface area contributed by atoms with E-state index >= 15 is 0 Å². The zero-order valence-electron chi connectivity index (χ0n) is 9.62. The second-order valence-electron chi connectivity index (χ2n) is 3.59. The molecule has 0 amide bonds. The van der Waals surface area contributed by atoms with Gasteiger partial charge in [0.15, 0.2) is 5.82 Å². The SMILES string of the molecule is Cc1cc(S(=O)(=O)Nc2cccnn2)sc1CN. The van der Waals surface area contributed by atoms with Crippen molar-refractivity contribution < 1.29 is 8.42 Å². The van der Waals surface area contributed by atoms with E-state index in [9.17, 15) is 8.42 Å². The van der Waals surface area contributed by atoms with Crippen LogP contribution in [0.15, 0.2) is 28.6 Å². The van der Waals surface area contributed by atoms with E-state index in [1.807, 2.05) is 6.92 Å². The third-order valence-corrected chi connectivity index (χ3v) is 5.35. The Hall–Kier alpha value is -1.51. The molecule has 0 aliphatic heterocycles. The van der Waals surface area contributed by atoms with Crippen LogP contribution in [0.1, 0.15) is 10.4 Å². The fraction of sp³-hybridized carbons (Fsp3) is 0.200. The molecule has 0 saturated heterocycles. The molecule has 2 heterocycles. The molecule has 2 aromatic rings. The van der Waals surface area contributed by atoms with Crippen LogP contribution in [-0.2, 0) is 16.6 Å². The van der Waals surface area contributed by atoms with Crippen LogP contribution in [0.25, 0.3) is 0 Å². The topological polar surface area (TPSA) is 98.0 Å². The van der Waals surface area contributed by atoms with Crippen LogP contribution >= 0.6 is 11.3 Å².